The zero-order chi connectivity index (χ0) is 24.1. The molecule has 0 unspecified atom stereocenters. The molecular weight excluding hydrogens is 454 g/mol. The van der Waals surface area contributed by atoms with E-state index in [1.807, 2.05) is 17.5 Å². The van der Waals surface area contributed by atoms with Crippen molar-refractivity contribution in [3.8, 4) is 21.7 Å². The van der Waals surface area contributed by atoms with Gasteiger partial charge in [-0.2, -0.15) is 0 Å². The molecule has 0 spiro atoms. The van der Waals surface area contributed by atoms with Crippen LogP contribution in [0.4, 0.5) is 0 Å². The average molecular weight is 486 g/mol. The normalized spacial score (nSPS) is 12.6. The Labute approximate surface area is 209 Å². The molecule has 0 aliphatic heterocycles. The van der Waals surface area contributed by atoms with E-state index in [2.05, 4.69) is 90.1 Å². The summed E-state index contributed by atoms with van der Waals surface area (Å²) in [5.41, 5.74) is 6.98. The largest absolute Gasteiger partial charge is 0.260 e. The summed E-state index contributed by atoms with van der Waals surface area (Å²) in [5, 5.41) is 2.23. The SMILES string of the molecule is CCC(C)(C)c1ccc(-c2nc3ccc(-c4ccc5nc(C(C)(C)CC)sc5c4)cc3s2)cn1. The third-order valence-corrected chi connectivity index (χ3v) is 9.61. The lowest BCUT2D eigenvalue weighted by Gasteiger charge is -2.21. The van der Waals surface area contributed by atoms with Crippen LogP contribution in [-0.2, 0) is 10.8 Å². The van der Waals surface area contributed by atoms with Gasteiger partial charge in [-0.15, -0.1) is 22.7 Å². The molecule has 34 heavy (non-hydrogen) atoms. The molecule has 5 aromatic rings. The Balaban J connectivity index is 1.47. The van der Waals surface area contributed by atoms with Gasteiger partial charge in [0.05, 0.1) is 25.4 Å². The van der Waals surface area contributed by atoms with Crippen molar-refractivity contribution >= 4 is 43.1 Å². The van der Waals surface area contributed by atoms with Gasteiger partial charge < -0.3 is 0 Å². The minimum Gasteiger partial charge on any atom is -0.260 e. The van der Waals surface area contributed by atoms with Gasteiger partial charge in [-0.3, -0.25) is 4.98 Å². The van der Waals surface area contributed by atoms with Crippen molar-refractivity contribution in [1.29, 1.82) is 0 Å². The summed E-state index contributed by atoms with van der Waals surface area (Å²) < 4.78 is 2.45. The first kappa shape index (κ1) is 23.1. The van der Waals surface area contributed by atoms with E-state index in [1.165, 1.54) is 25.5 Å². The van der Waals surface area contributed by atoms with Crippen LogP contribution in [0, 0.1) is 0 Å². The fraction of sp³-hybridized carbons (Fsp3) is 0.345. The maximum Gasteiger partial charge on any atom is 0.126 e. The van der Waals surface area contributed by atoms with Crippen LogP contribution in [-0.4, -0.2) is 15.0 Å². The van der Waals surface area contributed by atoms with Gasteiger partial charge >= 0.3 is 0 Å². The van der Waals surface area contributed by atoms with E-state index in [0.29, 0.717) is 0 Å². The van der Waals surface area contributed by atoms with Crippen LogP contribution < -0.4 is 0 Å². The molecular formula is C29H31N3S2. The molecule has 5 rings (SSSR count). The zero-order valence-electron chi connectivity index (χ0n) is 20.8. The second-order valence-corrected chi connectivity index (χ2v) is 12.4. The molecule has 0 N–H and O–H groups in total. The molecule has 2 aromatic carbocycles. The summed E-state index contributed by atoms with van der Waals surface area (Å²) in [5.74, 6) is 0. The maximum atomic E-state index is 4.91. The minimum atomic E-state index is 0.0905. The van der Waals surface area contributed by atoms with E-state index in [4.69, 9.17) is 15.0 Å². The molecule has 0 atom stereocenters. The Morgan fingerprint density at radius 3 is 1.85 bits per heavy atom. The van der Waals surface area contributed by atoms with Crippen molar-refractivity contribution < 1.29 is 0 Å². The van der Waals surface area contributed by atoms with Crippen LogP contribution in [0.5, 0.6) is 0 Å². The number of rotatable bonds is 6. The molecule has 3 nitrogen and oxygen atoms in total. The molecule has 0 amide bonds. The number of pyridine rings is 1. The van der Waals surface area contributed by atoms with Gasteiger partial charge in [0.15, 0.2) is 0 Å². The molecule has 0 bridgehead atoms. The number of thiazole rings is 2. The van der Waals surface area contributed by atoms with Crippen LogP contribution in [0.1, 0.15) is 65.1 Å². The number of hydrogen-bond donors (Lipinski definition) is 0. The van der Waals surface area contributed by atoms with E-state index in [1.54, 1.807) is 11.3 Å². The highest BCUT2D eigenvalue weighted by molar-refractivity contribution is 7.21. The number of fused-ring (bicyclic) bond motifs is 2. The average Bonchev–Trinajstić information content (AvgIpc) is 3.48. The Kier molecular flexibility index (Phi) is 5.81. The van der Waals surface area contributed by atoms with Crippen molar-refractivity contribution in [2.45, 2.75) is 65.2 Å². The lowest BCUT2D eigenvalue weighted by atomic mass is 9.86. The van der Waals surface area contributed by atoms with Gasteiger partial charge in [0.25, 0.3) is 0 Å². The predicted molar refractivity (Wildman–Crippen MR) is 148 cm³/mol. The Morgan fingerprint density at radius 2 is 1.26 bits per heavy atom. The van der Waals surface area contributed by atoms with Gasteiger partial charge in [0, 0.05) is 28.3 Å². The Bertz CT molecular complexity index is 1470. The third kappa shape index (κ3) is 4.16. The van der Waals surface area contributed by atoms with Crippen LogP contribution in [0.2, 0.25) is 0 Å². The third-order valence-electron chi connectivity index (χ3n) is 7.16. The summed E-state index contributed by atoms with van der Waals surface area (Å²) in [4.78, 5) is 14.5. The molecule has 0 saturated carbocycles. The summed E-state index contributed by atoms with van der Waals surface area (Å²) in [6.45, 7) is 13.5. The van der Waals surface area contributed by atoms with Crippen molar-refractivity contribution in [3.05, 3.63) is 65.4 Å². The monoisotopic (exact) mass is 485 g/mol. The number of aromatic nitrogens is 3. The van der Waals surface area contributed by atoms with Gasteiger partial charge in [0.1, 0.15) is 5.01 Å². The van der Waals surface area contributed by atoms with Crippen molar-refractivity contribution in [1.82, 2.24) is 15.0 Å². The Morgan fingerprint density at radius 1 is 0.676 bits per heavy atom. The van der Waals surface area contributed by atoms with E-state index in [-0.39, 0.29) is 10.8 Å². The first-order chi connectivity index (χ1) is 16.2. The second kappa shape index (κ2) is 8.54. The van der Waals surface area contributed by atoms with Crippen LogP contribution in [0.3, 0.4) is 0 Å². The zero-order valence-corrected chi connectivity index (χ0v) is 22.4. The topological polar surface area (TPSA) is 38.7 Å². The maximum absolute atomic E-state index is 4.91. The van der Waals surface area contributed by atoms with Crippen molar-refractivity contribution in [2.75, 3.05) is 0 Å². The first-order valence-electron chi connectivity index (χ1n) is 12.0. The highest BCUT2D eigenvalue weighted by Crippen LogP contribution is 2.37. The first-order valence-corrected chi connectivity index (χ1v) is 13.6. The standard InChI is InChI=1S/C29H31N3S2/c1-7-28(3,4)25-14-11-20(17-30-25)26-31-21-12-9-18(15-23(21)33-26)19-10-13-22-24(16-19)34-27(32-22)29(5,6)8-2/h9-17H,7-8H2,1-6H3. The predicted octanol–water partition coefficient (Wildman–Crippen LogP) is 9.01. The van der Waals surface area contributed by atoms with Crippen molar-refractivity contribution in [3.63, 3.8) is 0 Å². The van der Waals surface area contributed by atoms with E-state index >= 15 is 0 Å². The molecule has 5 heteroatoms. The van der Waals surface area contributed by atoms with Crippen LogP contribution in [0.15, 0.2) is 54.7 Å². The van der Waals surface area contributed by atoms with Gasteiger partial charge in [0.2, 0.25) is 0 Å². The summed E-state index contributed by atoms with van der Waals surface area (Å²) in [6.07, 6.45) is 4.12. The fourth-order valence-electron chi connectivity index (χ4n) is 3.87. The lowest BCUT2D eigenvalue weighted by Crippen LogP contribution is -2.17. The molecule has 0 radical (unpaired) electrons. The number of hydrogen-bond acceptors (Lipinski definition) is 5. The Hall–Kier alpha value is -2.63. The summed E-state index contributed by atoms with van der Waals surface area (Å²) in [6, 6.07) is 17.5. The number of benzene rings is 2. The number of nitrogens with zero attached hydrogens (tertiary/aromatic N) is 3. The molecule has 3 heterocycles. The highest BCUT2D eigenvalue weighted by Gasteiger charge is 2.23. The quantitative estimate of drug-likeness (QED) is 0.241. The fourth-order valence-corrected chi connectivity index (χ4v) is 6.05. The molecule has 0 aliphatic rings. The molecule has 174 valence electrons. The van der Waals surface area contributed by atoms with Gasteiger partial charge in [-0.1, -0.05) is 53.7 Å². The smallest absolute Gasteiger partial charge is 0.126 e. The van der Waals surface area contributed by atoms with E-state index < -0.39 is 0 Å². The molecule has 0 aliphatic carbocycles. The molecule has 3 aromatic heterocycles. The van der Waals surface area contributed by atoms with E-state index in [9.17, 15) is 0 Å². The van der Waals surface area contributed by atoms with Crippen molar-refractivity contribution in [2.24, 2.45) is 0 Å². The summed E-state index contributed by atoms with van der Waals surface area (Å²) >= 11 is 3.55. The van der Waals surface area contributed by atoms with Crippen LogP contribution in [0.25, 0.3) is 42.1 Å². The highest BCUT2D eigenvalue weighted by atomic mass is 32.1. The lowest BCUT2D eigenvalue weighted by molar-refractivity contribution is 0.490. The minimum absolute atomic E-state index is 0.0905. The van der Waals surface area contributed by atoms with E-state index in [0.717, 1.165) is 40.1 Å². The summed E-state index contributed by atoms with van der Waals surface area (Å²) in [7, 11) is 0. The second-order valence-electron chi connectivity index (χ2n) is 10.3. The van der Waals surface area contributed by atoms with Crippen LogP contribution >= 0.6 is 22.7 Å². The molecule has 0 fully saturated rings. The van der Waals surface area contributed by atoms with Gasteiger partial charge in [-0.25, -0.2) is 9.97 Å². The molecule has 0 saturated heterocycles. The van der Waals surface area contributed by atoms with Gasteiger partial charge in [-0.05, 0) is 60.4 Å².